The van der Waals surface area contributed by atoms with Crippen LogP contribution in [-0.2, 0) is 4.74 Å². The second-order valence-corrected chi connectivity index (χ2v) is 4.62. The van der Waals surface area contributed by atoms with Crippen LogP contribution in [0.25, 0.3) is 0 Å². The lowest BCUT2D eigenvalue weighted by Crippen LogP contribution is -2.21. The third-order valence-electron chi connectivity index (χ3n) is 2.96. The molecule has 2 rings (SSSR count). The van der Waals surface area contributed by atoms with E-state index in [0.717, 1.165) is 0 Å². The third kappa shape index (κ3) is 4.43. The lowest BCUT2D eigenvalue weighted by Gasteiger charge is -2.09. The van der Waals surface area contributed by atoms with E-state index in [1.807, 2.05) is 5.48 Å². The zero-order valence-electron chi connectivity index (χ0n) is 12.9. The van der Waals surface area contributed by atoms with Crippen LogP contribution < -0.4 is 10.2 Å². The van der Waals surface area contributed by atoms with Crippen molar-refractivity contribution < 1.29 is 32.2 Å². The van der Waals surface area contributed by atoms with E-state index in [4.69, 9.17) is 14.7 Å². The molecule has 10 heteroatoms. The summed E-state index contributed by atoms with van der Waals surface area (Å²) in [5.41, 5.74) is 2.20. The predicted octanol–water partition coefficient (Wildman–Crippen LogP) is 2.80. The lowest BCUT2D eigenvalue weighted by molar-refractivity contribution is 0.206. The van der Waals surface area contributed by atoms with Crippen LogP contribution in [0.1, 0.15) is 5.56 Å². The van der Waals surface area contributed by atoms with Gasteiger partial charge in [-0.15, -0.1) is 0 Å². The summed E-state index contributed by atoms with van der Waals surface area (Å²) in [6.45, 7) is 0.583. The number of hydrogen-bond donors (Lipinski definition) is 2. The Morgan fingerprint density at radius 1 is 1.20 bits per heavy atom. The van der Waals surface area contributed by atoms with Gasteiger partial charge in [-0.25, -0.2) is 13.8 Å². The fraction of sp³-hybridized carbons (Fsp3) is 0.200. The fourth-order valence-corrected chi connectivity index (χ4v) is 1.77. The average Bonchev–Trinajstić information content (AvgIpc) is 2.61. The standard InChI is InChI=1S/C15H13F4N3O3/c1-24-5-4-20-15(22-23)8-2-3-11(21-7-8)25-14-12(18)9(16)6-10(17)13(14)19/h2-3,6-7,23H,4-5H2,1H3,(H,20,22). The summed E-state index contributed by atoms with van der Waals surface area (Å²) < 4.78 is 63.0. The SMILES string of the molecule is COCCN=C(NO)c1ccc(Oc2c(F)c(F)cc(F)c2F)nc1. The van der Waals surface area contributed by atoms with E-state index >= 15 is 0 Å². The summed E-state index contributed by atoms with van der Waals surface area (Å²) in [4.78, 5) is 7.75. The van der Waals surface area contributed by atoms with Crippen molar-refractivity contribution in [3.8, 4) is 11.6 Å². The Labute approximate surface area is 139 Å². The number of nitrogens with zero attached hydrogens (tertiary/aromatic N) is 2. The van der Waals surface area contributed by atoms with Gasteiger partial charge in [0.05, 0.1) is 13.2 Å². The third-order valence-corrected chi connectivity index (χ3v) is 2.96. The van der Waals surface area contributed by atoms with Crippen LogP contribution in [0.2, 0.25) is 0 Å². The molecule has 25 heavy (non-hydrogen) atoms. The van der Waals surface area contributed by atoms with Crippen LogP contribution in [0.15, 0.2) is 29.4 Å². The van der Waals surface area contributed by atoms with E-state index in [1.165, 1.54) is 25.4 Å². The van der Waals surface area contributed by atoms with Gasteiger partial charge < -0.3 is 9.47 Å². The van der Waals surface area contributed by atoms with Crippen molar-refractivity contribution in [2.75, 3.05) is 20.3 Å². The number of aromatic nitrogens is 1. The molecular weight excluding hydrogens is 346 g/mol. The maximum atomic E-state index is 13.6. The highest BCUT2D eigenvalue weighted by Crippen LogP contribution is 2.30. The molecule has 1 heterocycles. The summed E-state index contributed by atoms with van der Waals surface area (Å²) in [5.74, 6) is -8.03. The number of ether oxygens (including phenoxy) is 2. The Kier molecular flexibility index (Phi) is 6.25. The Morgan fingerprint density at radius 3 is 2.40 bits per heavy atom. The van der Waals surface area contributed by atoms with Gasteiger partial charge in [0.2, 0.25) is 23.3 Å². The molecule has 0 saturated heterocycles. The van der Waals surface area contributed by atoms with Crippen molar-refractivity contribution in [3.05, 3.63) is 53.2 Å². The average molecular weight is 359 g/mol. The molecule has 2 aromatic rings. The molecule has 0 fully saturated rings. The maximum Gasteiger partial charge on any atom is 0.219 e. The number of hydroxylamine groups is 1. The number of benzene rings is 1. The molecule has 0 spiro atoms. The van der Waals surface area contributed by atoms with Crippen LogP contribution in [0.4, 0.5) is 17.6 Å². The molecule has 0 unspecified atom stereocenters. The number of nitrogens with one attached hydrogen (secondary N) is 1. The van der Waals surface area contributed by atoms with Crippen molar-refractivity contribution in [1.82, 2.24) is 10.5 Å². The molecular formula is C15H13F4N3O3. The zero-order chi connectivity index (χ0) is 18.4. The Hall–Kier alpha value is -2.72. The number of pyridine rings is 1. The topological polar surface area (TPSA) is 76.0 Å². The van der Waals surface area contributed by atoms with Gasteiger partial charge in [0.15, 0.2) is 17.5 Å². The molecule has 134 valence electrons. The van der Waals surface area contributed by atoms with Gasteiger partial charge in [0, 0.05) is 31.0 Å². The molecule has 1 aromatic heterocycles. The number of halogens is 4. The Balaban J connectivity index is 2.23. The molecule has 1 aromatic carbocycles. The minimum Gasteiger partial charge on any atom is -0.433 e. The monoisotopic (exact) mass is 359 g/mol. The van der Waals surface area contributed by atoms with E-state index < -0.39 is 29.0 Å². The first-order valence-corrected chi connectivity index (χ1v) is 6.88. The normalized spacial score (nSPS) is 11.5. The zero-order valence-corrected chi connectivity index (χ0v) is 12.9. The van der Waals surface area contributed by atoms with Gasteiger partial charge in [-0.2, -0.15) is 8.78 Å². The van der Waals surface area contributed by atoms with Crippen molar-refractivity contribution in [3.63, 3.8) is 0 Å². The van der Waals surface area contributed by atoms with Gasteiger partial charge in [-0.1, -0.05) is 0 Å². The smallest absolute Gasteiger partial charge is 0.219 e. The highest BCUT2D eigenvalue weighted by atomic mass is 19.2. The number of methoxy groups -OCH3 is 1. The lowest BCUT2D eigenvalue weighted by atomic mass is 10.2. The second kappa shape index (κ2) is 8.40. The van der Waals surface area contributed by atoms with E-state index in [9.17, 15) is 17.6 Å². The van der Waals surface area contributed by atoms with Crippen LogP contribution >= 0.6 is 0 Å². The quantitative estimate of drug-likeness (QED) is 0.207. The first-order valence-electron chi connectivity index (χ1n) is 6.88. The molecule has 2 N–H and O–H groups in total. The molecule has 0 radical (unpaired) electrons. The van der Waals surface area contributed by atoms with Gasteiger partial charge in [0.1, 0.15) is 0 Å². The molecule has 0 bridgehead atoms. The summed E-state index contributed by atoms with van der Waals surface area (Å²) in [6.07, 6.45) is 1.18. The first-order chi connectivity index (χ1) is 12.0. The summed E-state index contributed by atoms with van der Waals surface area (Å²) >= 11 is 0. The fourth-order valence-electron chi connectivity index (χ4n) is 1.77. The number of hydrogen-bond acceptors (Lipinski definition) is 5. The van der Waals surface area contributed by atoms with Crippen molar-refractivity contribution in [2.24, 2.45) is 4.99 Å². The van der Waals surface area contributed by atoms with Crippen LogP contribution in [0.5, 0.6) is 11.6 Å². The second-order valence-electron chi connectivity index (χ2n) is 4.62. The molecule has 0 atom stereocenters. The van der Waals surface area contributed by atoms with Crippen molar-refractivity contribution >= 4 is 5.84 Å². The van der Waals surface area contributed by atoms with Crippen molar-refractivity contribution in [1.29, 1.82) is 0 Å². The maximum absolute atomic E-state index is 13.6. The first kappa shape index (κ1) is 18.6. The number of aliphatic imine (C=N–C) groups is 1. The molecule has 0 aliphatic rings. The van der Waals surface area contributed by atoms with E-state index in [1.54, 1.807) is 0 Å². The minimum atomic E-state index is -1.68. The Bertz CT molecular complexity index is 743. The highest BCUT2D eigenvalue weighted by Gasteiger charge is 2.21. The molecule has 0 saturated carbocycles. The van der Waals surface area contributed by atoms with E-state index in [0.29, 0.717) is 12.2 Å². The van der Waals surface area contributed by atoms with E-state index in [2.05, 4.69) is 9.98 Å². The molecule has 0 amide bonds. The molecule has 0 aliphatic heterocycles. The summed E-state index contributed by atoms with van der Waals surface area (Å²) in [6, 6.07) is 2.62. The number of rotatable bonds is 6. The molecule has 0 aliphatic carbocycles. The van der Waals surface area contributed by atoms with Gasteiger partial charge >= 0.3 is 0 Å². The van der Waals surface area contributed by atoms with Gasteiger partial charge in [0.25, 0.3) is 0 Å². The summed E-state index contributed by atoms with van der Waals surface area (Å²) in [7, 11) is 1.49. The predicted molar refractivity (Wildman–Crippen MR) is 78.8 cm³/mol. The largest absolute Gasteiger partial charge is 0.433 e. The number of amidine groups is 1. The van der Waals surface area contributed by atoms with E-state index in [-0.39, 0.29) is 24.3 Å². The summed E-state index contributed by atoms with van der Waals surface area (Å²) in [5, 5.41) is 9.05. The van der Waals surface area contributed by atoms with Crippen LogP contribution in [0, 0.1) is 23.3 Å². The van der Waals surface area contributed by atoms with Crippen LogP contribution in [0.3, 0.4) is 0 Å². The van der Waals surface area contributed by atoms with Crippen molar-refractivity contribution in [2.45, 2.75) is 0 Å². The van der Waals surface area contributed by atoms with Gasteiger partial charge in [-0.3, -0.25) is 15.7 Å². The Morgan fingerprint density at radius 2 is 1.88 bits per heavy atom. The van der Waals surface area contributed by atoms with Gasteiger partial charge in [-0.05, 0) is 6.07 Å². The highest BCUT2D eigenvalue weighted by molar-refractivity contribution is 5.97. The minimum absolute atomic E-state index is 0.0731. The molecule has 6 nitrogen and oxygen atoms in total. The van der Waals surface area contributed by atoms with Crippen LogP contribution in [-0.4, -0.2) is 36.3 Å².